The molecule has 2 rings (SSSR count). The topological polar surface area (TPSA) is 49.3 Å². The minimum Gasteiger partial charge on any atom is -0.396 e. The van der Waals surface area contributed by atoms with E-state index in [-0.39, 0.29) is 29.9 Å². The molecule has 0 saturated heterocycles. The predicted octanol–water partition coefficient (Wildman–Crippen LogP) is 2.66. The van der Waals surface area contributed by atoms with Gasteiger partial charge < -0.3 is 10.4 Å². The molecular weight excluding hydrogens is 238 g/mol. The number of rotatable bonds is 6. The SMILES string of the molecule is CC1(C)CC1C(=O)NC(CCCO)c1ccccc1. The molecule has 0 radical (unpaired) electrons. The number of amides is 1. The first-order chi connectivity index (χ1) is 9.04. The van der Waals surface area contributed by atoms with Crippen molar-refractivity contribution in [2.24, 2.45) is 11.3 Å². The molecule has 1 aromatic rings. The highest BCUT2D eigenvalue weighted by molar-refractivity contribution is 5.82. The van der Waals surface area contributed by atoms with Crippen LogP contribution < -0.4 is 5.32 Å². The predicted molar refractivity (Wildman–Crippen MR) is 75.5 cm³/mol. The minimum atomic E-state index is 0.0113. The first kappa shape index (κ1) is 14.1. The number of hydrogen-bond donors (Lipinski definition) is 2. The Labute approximate surface area is 115 Å². The summed E-state index contributed by atoms with van der Waals surface area (Å²) in [6, 6.07) is 10.00. The maximum atomic E-state index is 12.2. The second kappa shape index (κ2) is 5.74. The standard InChI is InChI=1S/C16H23NO2/c1-16(2)11-13(16)15(19)17-14(9-6-10-18)12-7-4-3-5-8-12/h3-5,7-8,13-14,18H,6,9-11H2,1-2H3,(H,17,19). The van der Waals surface area contributed by atoms with Crippen LogP contribution in [0.4, 0.5) is 0 Å². The lowest BCUT2D eigenvalue weighted by atomic mass is 10.0. The summed E-state index contributed by atoms with van der Waals surface area (Å²) in [5.74, 6) is 0.296. The molecular formula is C16H23NO2. The maximum Gasteiger partial charge on any atom is 0.224 e. The summed E-state index contributed by atoms with van der Waals surface area (Å²) in [4.78, 5) is 12.2. The molecule has 2 atom stereocenters. The molecule has 0 spiro atoms. The molecule has 1 aliphatic rings. The zero-order valence-corrected chi connectivity index (χ0v) is 11.7. The van der Waals surface area contributed by atoms with Crippen molar-refractivity contribution in [3.05, 3.63) is 35.9 Å². The van der Waals surface area contributed by atoms with Crippen LogP contribution in [0.15, 0.2) is 30.3 Å². The second-order valence-corrected chi connectivity index (χ2v) is 6.08. The summed E-state index contributed by atoms with van der Waals surface area (Å²) < 4.78 is 0. The van der Waals surface area contributed by atoms with Crippen LogP contribution in [0.3, 0.4) is 0 Å². The van der Waals surface area contributed by atoms with Crippen molar-refractivity contribution in [2.45, 2.75) is 39.2 Å². The van der Waals surface area contributed by atoms with Crippen molar-refractivity contribution >= 4 is 5.91 Å². The number of carbonyl (C=O) groups is 1. The Balaban J connectivity index is 2.00. The zero-order chi connectivity index (χ0) is 13.9. The Hall–Kier alpha value is -1.35. The molecule has 1 amide bonds. The lowest BCUT2D eigenvalue weighted by molar-refractivity contribution is -0.123. The van der Waals surface area contributed by atoms with Gasteiger partial charge in [0, 0.05) is 12.5 Å². The molecule has 1 aliphatic carbocycles. The van der Waals surface area contributed by atoms with E-state index in [1.54, 1.807) is 0 Å². The number of carbonyl (C=O) groups excluding carboxylic acids is 1. The second-order valence-electron chi connectivity index (χ2n) is 6.08. The summed E-state index contributed by atoms with van der Waals surface area (Å²) in [7, 11) is 0. The molecule has 2 N–H and O–H groups in total. The van der Waals surface area contributed by atoms with Gasteiger partial charge in [-0.1, -0.05) is 44.2 Å². The number of aliphatic hydroxyl groups excluding tert-OH is 1. The van der Waals surface area contributed by atoms with Crippen molar-refractivity contribution in [2.75, 3.05) is 6.61 Å². The monoisotopic (exact) mass is 261 g/mol. The molecule has 104 valence electrons. The van der Waals surface area contributed by atoms with Gasteiger partial charge in [0.15, 0.2) is 0 Å². The Kier molecular flexibility index (Phi) is 4.25. The van der Waals surface area contributed by atoms with E-state index < -0.39 is 0 Å². The van der Waals surface area contributed by atoms with E-state index >= 15 is 0 Å². The van der Waals surface area contributed by atoms with Crippen molar-refractivity contribution in [1.29, 1.82) is 0 Å². The fraction of sp³-hybridized carbons (Fsp3) is 0.562. The molecule has 19 heavy (non-hydrogen) atoms. The molecule has 3 heteroatoms. The number of aliphatic hydroxyl groups is 1. The highest BCUT2D eigenvalue weighted by Crippen LogP contribution is 2.51. The summed E-state index contributed by atoms with van der Waals surface area (Å²) in [5.41, 5.74) is 1.27. The third-order valence-corrected chi connectivity index (χ3v) is 4.00. The maximum absolute atomic E-state index is 12.2. The summed E-state index contributed by atoms with van der Waals surface area (Å²) in [6.45, 7) is 4.42. The van der Waals surface area contributed by atoms with Gasteiger partial charge in [-0.2, -0.15) is 0 Å². The molecule has 0 aromatic heterocycles. The number of nitrogens with one attached hydrogen (secondary N) is 1. The molecule has 1 aromatic carbocycles. The highest BCUT2D eigenvalue weighted by atomic mass is 16.3. The van der Waals surface area contributed by atoms with Crippen LogP contribution in [-0.2, 0) is 4.79 Å². The highest BCUT2D eigenvalue weighted by Gasteiger charge is 2.50. The van der Waals surface area contributed by atoms with Crippen LogP contribution in [0.5, 0.6) is 0 Å². The lowest BCUT2D eigenvalue weighted by Crippen LogP contribution is -2.31. The van der Waals surface area contributed by atoms with Gasteiger partial charge in [-0.25, -0.2) is 0 Å². The van der Waals surface area contributed by atoms with Gasteiger partial charge in [0.25, 0.3) is 0 Å². The van der Waals surface area contributed by atoms with Gasteiger partial charge in [-0.05, 0) is 30.2 Å². The molecule has 0 aliphatic heterocycles. The average Bonchev–Trinajstić information content (AvgIpc) is 3.04. The number of hydrogen-bond acceptors (Lipinski definition) is 2. The molecule has 2 unspecified atom stereocenters. The Morgan fingerprint density at radius 3 is 2.58 bits per heavy atom. The van der Waals surface area contributed by atoms with Gasteiger partial charge in [-0.3, -0.25) is 4.79 Å². The molecule has 0 heterocycles. The van der Waals surface area contributed by atoms with Crippen molar-refractivity contribution < 1.29 is 9.90 Å². The van der Waals surface area contributed by atoms with Gasteiger partial charge in [0.2, 0.25) is 5.91 Å². The van der Waals surface area contributed by atoms with Crippen LogP contribution >= 0.6 is 0 Å². The smallest absolute Gasteiger partial charge is 0.224 e. The number of benzene rings is 1. The van der Waals surface area contributed by atoms with Crippen LogP contribution in [0, 0.1) is 11.3 Å². The fourth-order valence-electron chi connectivity index (χ4n) is 2.49. The third-order valence-electron chi connectivity index (χ3n) is 4.00. The molecule has 0 bridgehead atoms. The van der Waals surface area contributed by atoms with Crippen molar-refractivity contribution in [3.63, 3.8) is 0 Å². The lowest BCUT2D eigenvalue weighted by Gasteiger charge is -2.19. The van der Waals surface area contributed by atoms with Crippen LogP contribution in [0.2, 0.25) is 0 Å². The fourth-order valence-corrected chi connectivity index (χ4v) is 2.49. The van der Waals surface area contributed by atoms with Gasteiger partial charge in [-0.15, -0.1) is 0 Å². The van der Waals surface area contributed by atoms with Crippen molar-refractivity contribution in [3.8, 4) is 0 Å². The average molecular weight is 261 g/mol. The summed E-state index contributed by atoms with van der Waals surface area (Å²) in [6.07, 6.45) is 2.45. The van der Waals surface area contributed by atoms with E-state index in [2.05, 4.69) is 19.2 Å². The van der Waals surface area contributed by atoms with Crippen LogP contribution in [0.25, 0.3) is 0 Å². The summed E-state index contributed by atoms with van der Waals surface area (Å²) >= 11 is 0. The summed E-state index contributed by atoms with van der Waals surface area (Å²) in [5, 5.41) is 12.1. The molecule has 1 saturated carbocycles. The molecule has 1 fully saturated rings. The Morgan fingerprint density at radius 1 is 1.42 bits per heavy atom. The molecule has 3 nitrogen and oxygen atoms in total. The van der Waals surface area contributed by atoms with E-state index in [1.165, 1.54) is 0 Å². The van der Waals surface area contributed by atoms with E-state index in [0.29, 0.717) is 6.42 Å². The Morgan fingerprint density at radius 2 is 2.05 bits per heavy atom. The van der Waals surface area contributed by atoms with E-state index in [1.807, 2.05) is 30.3 Å². The van der Waals surface area contributed by atoms with Crippen LogP contribution in [0.1, 0.15) is 44.7 Å². The van der Waals surface area contributed by atoms with Gasteiger partial charge in [0.1, 0.15) is 0 Å². The minimum absolute atomic E-state index is 0.0113. The normalized spacial score (nSPS) is 21.7. The van der Waals surface area contributed by atoms with Gasteiger partial charge >= 0.3 is 0 Å². The first-order valence-electron chi connectivity index (χ1n) is 7.01. The first-order valence-corrected chi connectivity index (χ1v) is 7.01. The van der Waals surface area contributed by atoms with E-state index in [0.717, 1.165) is 18.4 Å². The Bertz CT molecular complexity index is 428. The van der Waals surface area contributed by atoms with Crippen LogP contribution in [-0.4, -0.2) is 17.6 Å². The van der Waals surface area contributed by atoms with Crippen molar-refractivity contribution in [1.82, 2.24) is 5.32 Å². The van der Waals surface area contributed by atoms with E-state index in [4.69, 9.17) is 5.11 Å². The van der Waals surface area contributed by atoms with E-state index in [9.17, 15) is 4.79 Å². The zero-order valence-electron chi connectivity index (χ0n) is 11.7. The largest absolute Gasteiger partial charge is 0.396 e. The third kappa shape index (κ3) is 3.57. The quantitative estimate of drug-likeness (QED) is 0.827. The van der Waals surface area contributed by atoms with Gasteiger partial charge in [0.05, 0.1) is 6.04 Å².